The van der Waals surface area contributed by atoms with E-state index < -0.39 is 6.43 Å². The van der Waals surface area contributed by atoms with Crippen molar-refractivity contribution in [2.45, 2.75) is 52.1 Å². The van der Waals surface area contributed by atoms with Gasteiger partial charge in [-0.3, -0.25) is 0 Å². The van der Waals surface area contributed by atoms with Gasteiger partial charge in [-0.05, 0) is 0 Å². The van der Waals surface area contributed by atoms with Gasteiger partial charge in [-0.2, -0.15) is 0 Å². The smallest absolute Gasteiger partial charge is 0.256 e. The van der Waals surface area contributed by atoms with Crippen LogP contribution in [0.4, 0.5) is 8.78 Å². The molecular formula is C12H19F2N3. The Bertz CT molecular complexity index is 405. The molecule has 1 aromatic rings. The first kappa shape index (κ1) is 12.5. The van der Waals surface area contributed by atoms with Gasteiger partial charge in [0, 0.05) is 30.6 Å². The maximum absolute atomic E-state index is 12.7. The molecule has 96 valence electrons. The average molecular weight is 243 g/mol. The van der Waals surface area contributed by atoms with E-state index >= 15 is 0 Å². The van der Waals surface area contributed by atoms with Gasteiger partial charge in [0.05, 0.1) is 12.2 Å². The third-order valence-electron chi connectivity index (χ3n) is 2.98. The van der Waals surface area contributed by atoms with Gasteiger partial charge in [-0.15, -0.1) is 0 Å². The lowest BCUT2D eigenvalue weighted by Crippen LogP contribution is -2.26. The van der Waals surface area contributed by atoms with E-state index in [2.05, 4.69) is 10.3 Å². The maximum Gasteiger partial charge on any atom is 0.256 e. The summed E-state index contributed by atoms with van der Waals surface area (Å²) >= 11 is 0. The maximum atomic E-state index is 12.7. The van der Waals surface area contributed by atoms with E-state index in [-0.39, 0.29) is 12.0 Å². The fourth-order valence-electron chi connectivity index (χ4n) is 2.28. The number of alkyl halides is 2. The molecule has 0 aliphatic carbocycles. The SMILES string of the molecule is CC(C)(C)c1nc2c(n1CC(F)F)CCNC2. The molecule has 1 aliphatic heterocycles. The Kier molecular flexibility index (Phi) is 3.21. The van der Waals surface area contributed by atoms with Gasteiger partial charge >= 0.3 is 0 Å². The summed E-state index contributed by atoms with van der Waals surface area (Å²) < 4.78 is 27.1. The van der Waals surface area contributed by atoms with E-state index in [1.165, 1.54) is 0 Å². The molecule has 0 atom stereocenters. The molecule has 0 aromatic carbocycles. The van der Waals surface area contributed by atoms with Crippen LogP contribution in [-0.2, 0) is 24.9 Å². The average Bonchev–Trinajstić information content (AvgIpc) is 2.56. The minimum Gasteiger partial charge on any atom is -0.325 e. The molecular weight excluding hydrogens is 224 g/mol. The first-order valence-electron chi connectivity index (χ1n) is 5.97. The molecule has 2 rings (SSSR count). The highest BCUT2D eigenvalue weighted by molar-refractivity contribution is 5.23. The lowest BCUT2D eigenvalue weighted by atomic mass is 9.95. The minimum absolute atomic E-state index is 0.202. The Balaban J connectivity index is 2.47. The molecule has 1 N–H and O–H groups in total. The summed E-state index contributed by atoms with van der Waals surface area (Å²) in [5, 5.41) is 3.22. The van der Waals surface area contributed by atoms with Crippen molar-refractivity contribution in [3.8, 4) is 0 Å². The second-order valence-corrected chi connectivity index (χ2v) is 5.51. The predicted molar refractivity (Wildman–Crippen MR) is 62.3 cm³/mol. The van der Waals surface area contributed by atoms with E-state index in [0.29, 0.717) is 6.54 Å². The summed E-state index contributed by atoms with van der Waals surface area (Å²) in [5.74, 6) is 0.770. The summed E-state index contributed by atoms with van der Waals surface area (Å²) in [6, 6.07) is 0. The molecule has 0 spiro atoms. The quantitative estimate of drug-likeness (QED) is 0.862. The fourth-order valence-corrected chi connectivity index (χ4v) is 2.28. The van der Waals surface area contributed by atoms with Gasteiger partial charge < -0.3 is 9.88 Å². The number of hydrogen-bond donors (Lipinski definition) is 1. The topological polar surface area (TPSA) is 29.9 Å². The van der Waals surface area contributed by atoms with Crippen LogP contribution < -0.4 is 5.32 Å². The monoisotopic (exact) mass is 243 g/mol. The summed E-state index contributed by atoms with van der Waals surface area (Å²) in [5.41, 5.74) is 1.71. The summed E-state index contributed by atoms with van der Waals surface area (Å²) in [7, 11) is 0. The van der Waals surface area contributed by atoms with Crippen LogP contribution in [-0.4, -0.2) is 22.5 Å². The third-order valence-corrected chi connectivity index (χ3v) is 2.98. The van der Waals surface area contributed by atoms with Crippen LogP contribution in [0.2, 0.25) is 0 Å². The molecule has 0 saturated heterocycles. The standard InChI is InChI=1S/C12H19F2N3/c1-12(2,3)11-16-8-6-15-5-4-9(8)17(11)7-10(13)14/h10,15H,4-7H2,1-3H3. The fraction of sp³-hybridized carbons (Fsp3) is 0.750. The molecule has 0 unspecified atom stereocenters. The van der Waals surface area contributed by atoms with Crippen LogP contribution >= 0.6 is 0 Å². The highest BCUT2D eigenvalue weighted by Gasteiger charge is 2.28. The lowest BCUT2D eigenvalue weighted by molar-refractivity contribution is 0.123. The largest absolute Gasteiger partial charge is 0.325 e. The molecule has 0 bridgehead atoms. The third kappa shape index (κ3) is 2.49. The van der Waals surface area contributed by atoms with Crippen LogP contribution in [0.15, 0.2) is 0 Å². The van der Waals surface area contributed by atoms with Crippen LogP contribution in [0.1, 0.15) is 38.0 Å². The van der Waals surface area contributed by atoms with E-state index in [1.54, 1.807) is 4.57 Å². The Morgan fingerprint density at radius 2 is 2.12 bits per heavy atom. The van der Waals surface area contributed by atoms with Crippen molar-refractivity contribution in [1.82, 2.24) is 14.9 Å². The summed E-state index contributed by atoms with van der Waals surface area (Å²) in [6.45, 7) is 7.32. The van der Waals surface area contributed by atoms with Gasteiger partial charge in [0.25, 0.3) is 6.43 Å². The minimum atomic E-state index is -2.33. The van der Waals surface area contributed by atoms with Crippen molar-refractivity contribution in [1.29, 1.82) is 0 Å². The first-order chi connectivity index (χ1) is 7.89. The normalized spacial score (nSPS) is 16.4. The van der Waals surface area contributed by atoms with Crippen LogP contribution in [0.25, 0.3) is 0 Å². The molecule has 0 radical (unpaired) electrons. The molecule has 1 aliphatic rings. The van der Waals surface area contributed by atoms with Crippen molar-refractivity contribution in [2.24, 2.45) is 0 Å². The number of rotatable bonds is 2. The van der Waals surface area contributed by atoms with Crippen molar-refractivity contribution >= 4 is 0 Å². The Morgan fingerprint density at radius 1 is 1.41 bits per heavy atom. The highest BCUT2D eigenvalue weighted by atomic mass is 19.3. The number of imidazole rings is 1. The Morgan fingerprint density at radius 3 is 2.71 bits per heavy atom. The van der Waals surface area contributed by atoms with Crippen molar-refractivity contribution in [3.63, 3.8) is 0 Å². The van der Waals surface area contributed by atoms with E-state index in [0.717, 1.165) is 30.2 Å². The number of fused-ring (bicyclic) bond motifs is 1. The molecule has 17 heavy (non-hydrogen) atoms. The molecule has 1 aromatic heterocycles. The van der Waals surface area contributed by atoms with Crippen LogP contribution in [0, 0.1) is 0 Å². The Labute approximate surface area is 100 Å². The number of nitrogens with zero attached hydrogens (tertiary/aromatic N) is 2. The molecule has 0 saturated carbocycles. The number of hydrogen-bond acceptors (Lipinski definition) is 2. The highest BCUT2D eigenvalue weighted by Crippen LogP contribution is 2.26. The van der Waals surface area contributed by atoms with Gasteiger partial charge in [0.1, 0.15) is 5.82 Å². The van der Waals surface area contributed by atoms with Crippen LogP contribution in [0.3, 0.4) is 0 Å². The number of nitrogens with one attached hydrogen (secondary N) is 1. The zero-order valence-corrected chi connectivity index (χ0v) is 10.6. The zero-order chi connectivity index (χ0) is 12.6. The van der Waals surface area contributed by atoms with Gasteiger partial charge in [0.2, 0.25) is 0 Å². The molecule has 2 heterocycles. The number of halogens is 2. The van der Waals surface area contributed by atoms with Crippen LogP contribution in [0.5, 0.6) is 0 Å². The molecule has 0 fully saturated rings. The second-order valence-electron chi connectivity index (χ2n) is 5.51. The lowest BCUT2D eigenvalue weighted by Gasteiger charge is -2.21. The van der Waals surface area contributed by atoms with Crippen molar-refractivity contribution in [2.75, 3.05) is 6.54 Å². The summed E-state index contributed by atoms with van der Waals surface area (Å²) in [4.78, 5) is 4.54. The molecule has 5 heteroatoms. The van der Waals surface area contributed by atoms with Crippen molar-refractivity contribution < 1.29 is 8.78 Å². The first-order valence-corrected chi connectivity index (χ1v) is 5.97. The van der Waals surface area contributed by atoms with E-state index in [4.69, 9.17) is 0 Å². The number of aromatic nitrogens is 2. The predicted octanol–water partition coefficient (Wildman–Crippen LogP) is 2.09. The zero-order valence-electron chi connectivity index (χ0n) is 10.6. The van der Waals surface area contributed by atoms with Gasteiger partial charge in [-0.25, -0.2) is 13.8 Å². The molecule has 3 nitrogen and oxygen atoms in total. The van der Waals surface area contributed by atoms with E-state index in [9.17, 15) is 8.78 Å². The summed E-state index contributed by atoms with van der Waals surface area (Å²) in [6.07, 6.45) is -1.55. The van der Waals surface area contributed by atoms with Gasteiger partial charge in [0.15, 0.2) is 0 Å². The molecule has 0 amide bonds. The Hall–Kier alpha value is -0.970. The second kappa shape index (κ2) is 4.37. The van der Waals surface area contributed by atoms with Crippen molar-refractivity contribution in [3.05, 3.63) is 17.2 Å². The van der Waals surface area contributed by atoms with Gasteiger partial charge in [-0.1, -0.05) is 20.8 Å². The van der Waals surface area contributed by atoms with E-state index in [1.807, 2.05) is 20.8 Å².